The van der Waals surface area contributed by atoms with E-state index in [1.165, 1.54) is 28.8 Å². The van der Waals surface area contributed by atoms with Gasteiger partial charge in [-0.15, -0.1) is 11.8 Å². The molecule has 0 aliphatic heterocycles. The highest BCUT2D eigenvalue weighted by Crippen LogP contribution is 2.33. The molecule has 8 nitrogen and oxygen atoms in total. The van der Waals surface area contributed by atoms with E-state index in [0.29, 0.717) is 18.9 Å². The molecule has 0 bridgehead atoms. The van der Waals surface area contributed by atoms with Crippen molar-refractivity contribution in [2.75, 3.05) is 30.3 Å². The molecule has 2 amide bonds. The first kappa shape index (κ1) is 33.5. The van der Waals surface area contributed by atoms with E-state index in [0.717, 1.165) is 19.2 Å². The van der Waals surface area contributed by atoms with Crippen LogP contribution in [-0.2, 0) is 26.2 Å². The first-order valence-corrected chi connectivity index (χ1v) is 17.1. The van der Waals surface area contributed by atoms with Crippen molar-refractivity contribution in [3.8, 4) is 5.75 Å². The average Bonchev–Trinajstić information content (AvgIpc) is 2.98. The molecule has 226 valence electrons. The minimum atomic E-state index is -4.20. The van der Waals surface area contributed by atoms with Crippen LogP contribution in [0, 0.1) is 5.92 Å². The number of halogens is 1. The smallest absolute Gasteiger partial charge is 0.264 e. The molecule has 11 heteroatoms. The van der Waals surface area contributed by atoms with E-state index in [4.69, 9.17) is 4.74 Å². The lowest BCUT2D eigenvalue weighted by atomic mass is 10.1. The average molecular weight is 677 g/mol. The summed E-state index contributed by atoms with van der Waals surface area (Å²) in [4.78, 5) is 29.6. The Morgan fingerprint density at radius 1 is 0.976 bits per heavy atom. The number of nitrogens with one attached hydrogen (secondary N) is 1. The minimum Gasteiger partial charge on any atom is -0.492 e. The third-order valence-electron chi connectivity index (χ3n) is 6.48. The molecule has 3 rings (SSSR count). The molecule has 3 aromatic rings. The zero-order chi connectivity index (χ0) is 30.9. The monoisotopic (exact) mass is 675 g/mol. The van der Waals surface area contributed by atoms with E-state index in [2.05, 4.69) is 21.2 Å². The molecule has 0 spiro atoms. The maximum absolute atomic E-state index is 14.1. The van der Waals surface area contributed by atoms with Crippen LogP contribution in [0.4, 0.5) is 5.69 Å². The third kappa shape index (κ3) is 8.75. The normalized spacial score (nSPS) is 12.1. The lowest BCUT2D eigenvalue weighted by Gasteiger charge is -2.32. The van der Waals surface area contributed by atoms with Crippen LogP contribution in [0.5, 0.6) is 5.75 Å². The molecule has 1 N–H and O–H groups in total. The van der Waals surface area contributed by atoms with Crippen molar-refractivity contribution in [2.24, 2.45) is 5.92 Å². The molecule has 42 heavy (non-hydrogen) atoms. The summed E-state index contributed by atoms with van der Waals surface area (Å²) in [5, 5.41) is 2.90. The van der Waals surface area contributed by atoms with Crippen LogP contribution in [0.2, 0.25) is 0 Å². The van der Waals surface area contributed by atoms with Crippen molar-refractivity contribution >= 4 is 55.2 Å². The summed E-state index contributed by atoms with van der Waals surface area (Å²) in [6.45, 7) is 7.78. The topological polar surface area (TPSA) is 96.0 Å². The van der Waals surface area contributed by atoms with Crippen molar-refractivity contribution < 1.29 is 22.7 Å². The predicted octanol–water partition coefficient (Wildman–Crippen LogP) is 5.95. The molecule has 0 saturated heterocycles. The van der Waals surface area contributed by atoms with Gasteiger partial charge in [-0.05, 0) is 80.1 Å². The fraction of sp³-hybridized carbons (Fsp3) is 0.355. The fourth-order valence-corrected chi connectivity index (χ4v) is 6.25. The number of nitrogens with zero attached hydrogens (tertiary/aromatic N) is 2. The van der Waals surface area contributed by atoms with E-state index in [1.807, 2.05) is 44.4 Å². The van der Waals surface area contributed by atoms with E-state index < -0.39 is 28.5 Å². The van der Waals surface area contributed by atoms with E-state index in [-0.39, 0.29) is 29.0 Å². The van der Waals surface area contributed by atoms with Crippen LogP contribution < -0.4 is 14.4 Å². The molecule has 1 unspecified atom stereocenters. The quantitative estimate of drug-likeness (QED) is 0.212. The minimum absolute atomic E-state index is 0.0431. The van der Waals surface area contributed by atoms with Crippen LogP contribution in [0.3, 0.4) is 0 Å². The van der Waals surface area contributed by atoms with Crippen molar-refractivity contribution in [1.29, 1.82) is 0 Å². The molecule has 1 atom stereocenters. The Bertz CT molecular complexity index is 1450. The SMILES string of the molecule is CCOc1ccccc1N(CC(=O)N(Cc1ccc(Br)cc1)C(C)C(=O)NCC(C)C)S(=O)(=O)c1ccc(SC)cc1. The summed E-state index contributed by atoms with van der Waals surface area (Å²) in [6.07, 6.45) is 1.91. The van der Waals surface area contributed by atoms with Gasteiger partial charge in [-0.25, -0.2) is 8.42 Å². The van der Waals surface area contributed by atoms with E-state index in [9.17, 15) is 18.0 Å². The highest BCUT2D eigenvalue weighted by molar-refractivity contribution is 9.10. The van der Waals surface area contributed by atoms with Gasteiger partial charge in [0.25, 0.3) is 10.0 Å². The van der Waals surface area contributed by atoms with E-state index in [1.54, 1.807) is 50.2 Å². The summed E-state index contributed by atoms with van der Waals surface area (Å²) in [6, 6.07) is 19.8. The second-order valence-electron chi connectivity index (χ2n) is 10.1. The van der Waals surface area contributed by atoms with Gasteiger partial charge in [0.2, 0.25) is 11.8 Å². The molecule has 3 aromatic carbocycles. The van der Waals surface area contributed by atoms with Crippen LogP contribution >= 0.6 is 27.7 Å². The largest absolute Gasteiger partial charge is 0.492 e. The highest BCUT2D eigenvalue weighted by Gasteiger charge is 2.33. The fourth-order valence-electron chi connectivity index (χ4n) is 4.15. The van der Waals surface area contributed by atoms with Gasteiger partial charge in [0.1, 0.15) is 18.3 Å². The number of para-hydroxylation sites is 2. The summed E-state index contributed by atoms with van der Waals surface area (Å²) in [7, 11) is -4.20. The van der Waals surface area contributed by atoms with Crippen LogP contribution in [0.15, 0.2) is 87.1 Å². The van der Waals surface area contributed by atoms with Gasteiger partial charge in [-0.3, -0.25) is 13.9 Å². The number of carbonyl (C=O) groups excluding carboxylic acids is 2. The number of carbonyl (C=O) groups is 2. The zero-order valence-electron chi connectivity index (χ0n) is 24.5. The number of rotatable bonds is 14. The summed E-state index contributed by atoms with van der Waals surface area (Å²) >= 11 is 4.93. The number of thioether (sulfide) groups is 1. The maximum Gasteiger partial charge on any atom is 0.264 e. The third-order valence-corrected chi connectivity index (χ3v) is 9.52. The number of anilines is 1. The Morgan fingerprint density at radius 3 is 2.21 bits per heavy atom. The van der Waals surface area contributed by atoms with Gasteiger partial charge >= 0.3 is 0 Å². The number of benzene rings is 3. The van der Waals surface area contributed by atoms with Crippen molar-refractivity contribution in [1.82, 2.24) is 10.2 Å². The van der Waals surface area contributed by atoms with Gasteiger partial charge in [0.05, 0.1) is 17.2 Å². The molecule has 0 saturated carbocycles. The van der Waals surface area contributed by atoms with Crippen LogP contribution in [0.25, 0.3) is 0 Å². The summed E-state index contributed by atoms with van der Waals surface area (Å²) in [5.41, 5.74) is 1.04. The lowest BCUT2D eigenvalue weighted by Crippen LogP contribution is -2.51. The number of hydrogen-bond acceptors (Lipinski definition) is 6. The Labute approximate surface area is 262 Å². The molecule has 0 radical (unpaired) electrons. The number of amides is 2. The van der Waals surface area contributed by atoms with Gasteiger partial charge in [-0.1, -0.05) is 54.0 Å². The maximum atomic E-state index is 14.1. The Kier molecular flexibility index (Phi) is 12.3. The first-order chi connectivity index (χ1) is 20.0. The number of sulfonamides is 1. The molecule has 0 aliphatic carbocycles. The predicted molar refractivity (Wildman–Crippen MR) is 172 cm³/mol. The first-order valence-electron chi connectivity index (χ1n) is 13.7. The molecular weight excluding hydrogens is 638 g/mol. The molecule has 0 heterocycles. The molecule has 0 aromatic heterocycles. The second-order valence-corrected chi connectivity index (χ2v) is 13.7. The zero-order valence-corrected chi connectivity index (χ0v) is 27.8. The summed E-state index contributed by atoms with van der Waals surface area (Å²) < 4.78 is 36.0. The summed E-state index contributed by atoms with van der Waals surface area (Å²) in [5.74, 6) is -0.282. The molecule has 0 fully saturated rings. The number of ether oxygens (including phenoxy) is 1. The van der Waals surface area contributed by atoms with Crippen molar-refractivity contribution in [3.63, 3.8) is 0 Å². The van der Waals surface area contributed by atoms with Gasteiger partial charge in [-0.2, -0.15) is 0 Å². The van der Waals surface area contributed by atoms with Gasteiger partial charge in [0.15, 0.2) is 0 Å². The number of hydrogen-bond donors (Lipinski definition) is 1. The van der Waals surface area contributed by atoms with Crippen molar-refractivity contribution in [2.45, 2.75) is 50.1 Å². The Balaban J connectivity index is 2.06. The lowest BCUT2D eigenvalue weighted by molar-refractivity contribution is -0.139. The van der Waals surface area contributed by atoms with E-state index >= 15 is 0 Å². The molecular formula is C31H38BrN3O5S2. The van der Waals surface area contributed by atoms with Crippen LogP contribution in [0.1, 0.15) is 33.3 Å². The van der Waals surface area contributed by atoms with Crippen molar-refractivity contribution in [3.05, 3.63) is 82.8 Å². The second kappa shape index (κ2) is 15.5. The van der Waals surface area contributed by atoms with Crippen LogP contribution in [-0.4, -0.2) is 57.1 Å². The van der Waals surface area contributed by atoms with Gasteiger partial charge in [0, 0.05) is 22.5 Å². The standard InChI is InChI=1S/C31H38BrN3O5S2/c1-6-40-29-10-8-7-9-28(29)35(42(38,39)27-17-15-26(41-5)16-18-27)21-30(36)34(20-24-11-13-25(32)14-12-24)23(4)31(37)33-19-22(2)3/h7-18,22-23H,6,19-21H2,1-5H3,(H,33,37). The Morgan fingerprint density at radius 2 is 1.62 bits per heavy atom. The highest BCUT2D eigenvalue weighted by atomic mass is 79.9. The Hall–Kier alpha value is -3.02. The molecule has 0 aliphatic rings. The van der Waals surface area contributed by atoms with Gasteiger partial charge < -0.3 is 15.0 Å².